The van der Waals surface area contributed by atoms with E-state index in [1.165, 1.54) is 16.3 Å². The molecule has 0 bridgehead atoms. The van der Waals surface area contributed by atoms with Gasteiger partial charge >= 0.3 is 6.18 Å². The molecule has 1 saturated heterocycles. The van der Waals surface area contributed by atoms with Crippen molar-refractivity contribution in [2.45, 2.75) is 16.2 Å². The van der Waals surface area contributed by atoms with Crippen LogP contribution in [0.1, 0.15) is 5.82 Å². The molecule has 4 rings (SSSR count). The third kappa shape index (κ3) is 4.84. The van der Waals surface area contributed by atoms with E-state index >= 15 is 0 Å². The summed E-state index contributed by atoms with van der Waals surface area (Å²) in [7, 11) is -2.53. The predicted molar refractivity (Wildman–Crippen MR) is 116 cm³/mol. The Balaban J connectivity index is 1.36. The van der Waals surface area contributed by atoms with Gasteiger partial charge in [-0.2, -0.15) is 17.5 Å². The summed E-state index contributed by atoms with van der Waals surface area (Å²) < 4.78 is 66.7. The fourth-order valence-electron chi connectivity index (χ4n) is 3.56. The SMILES string of the molecule is Cn1c(SCC(=O)N2CCN(S(=O)(=O)c3ccc4ccccc4c3)CC2)nnc1C(F)(F)F. The van der Waals surface area contributed by atoms with Gasteiger partial charge in [0.05, 0.1) is 10.6 Å². The van der Waals surface area contributed by atoms with E-state index in [9.17, 15) is 26.4 Å². The molecular weight excluding hydrogens is 479 g/mol. The molecule has 176 valence electrons. The number of fused-ring (bicyclic) bond motifs is 1. The van der Waals surface area contributed by atoms with Crippen LogP contribution in [0.4, 0.5) is 13.2 Å². The van der Waals surface area contributed by atoms with Gasteiger partial charge in [0.15, 0.2) is 5.16 Å². The van der Waals surface area contributed by atoms with Gasteiger partial charge in [0.2, 0.25) is 21.8 Å². The highest BCUT2D eigenvalue weighted by molar-refractivity contribution is 7.99. The number of alkyl halides is 3. The lowest BCUT2D eigenvalue weighted by atomic mass is 10.1. The second-order valence-corrected chi connectivity index (χ2v) is 10.3. The van der Waals surface area contributed by atoms with Crippen molar-refractivity contribution < 1.29 is 26.4 Å². The lowest BCUT2D eigenvalue weighted by molar-refractivity contribution is -0.147. The van der Waals surface area contributed by atoms with Crippen molar-refractivity contribution in [3.05, 3.63) is 48.3 Å². The molecule has 13 heteroatoms. The Morgan fingerprint density at radius 3 is 2.33 bits per heavy atom. The molecule has 1 aliphatic heterocycles. The number of hydrogen-bond acceptors (Lipinski definition) is 6. The number of nitrogens with zero attached hydrogens (tertiary/aromatic N) is 5. The molecule has 0 N–H and O–H groups in total. The van der Waals surface area contributed by atoms with Crippen LogP contribution >= 0.6 is 11.8 Å². The van der Waals surface area contributed by atoms with Gasteiger partial charge in [-0.15, -0.1) is 10.2 Å². The largest absolute Gasteiger partial charge is 0.451 e. The molecule has 2 heterocycles. The van der Waals surface area contributed by atoms with Gasteiger partial charge in [-0.3, -0.25) is 4.79 Å². The maximum absolute atomic E-state index is 13.0. The first-order valence-corrected chi connectivity index (χ1v) is 12.4. The Bertz CT molecular complexity index is 1290. The molecule has 0 saturated carbocycles. The average molecular weight is 500 g/mol. The Morgan fingerprint density at radius 1 is 1.03 bits per heavy atom. The monoisotopic (exact) mass is 499 g/mol. The zero-order valence-electron chi connectivity index (χ0n) is 17.5. The highest BCUT2D eigenvalue weighted by atomic mass is 32.2. The number of thioether (sulfide) groups is 1. The topological polar surface area (TPSA) is 88.4 Å². The van der Waals surface area contributed by atoms with Gasteiger partial charge in [-0.05, 0) is 22.9 Å². The summed E-state index contributed by atoms with van der Waals surface area (Å²) in [5.74, 6) is -1.56. The van der Waals surface area contributed by atoms with Crippen LogP contribution in [0.25, 0.3) is 10.8 Å². The van der Waals surface area contributed by atoms with Gasteiger partial charge in [0.25, 0.3) is 0 Å². The van der Waals surface area contributed by atoms with Crippen molar-refractivity contribution in [2.24, 2.45) is 7.05 Å². The van der Waals surface area contributed by atoms with E-state index in [1.807, 2.05) is 24.3 Å². The van der Waals surface area contributed by atoms with Crippen molar-refractivity contribution >= 4 is 38.5 Å². The van der Waals surface area contributed by atoms with Crippen molar-refractivity contribution in [3.63, 3.8) is 0 Å². The highest BCUT2D eigenvalue weighted by Crippen LogP contribution is 2.29. The van der Waals surface area contributed by atoms with Crippen LogP contribution in [0, 0.1) is 0 Å². The lowest BCUT2D eigenvalue weighted by Gasteiger charge is -2.34. The number of rotatable bonds is 5. The van der Waals surface area contributed by atoms with Crippen molar-refractivity contribution in [1.82, 2.24) is 24.0 Å². The van der Waals surface area contributed by atoms with Crippen molar-refractivity contribution in [3.8, 4) is 0 Å². The number of benzene rings is 2. The fourth-order valence-corrected chi connectivity index (χ4v) is 5.83. The Hall–Kier alpha value is -2.64. The van der Waals surface area contributed by atoms with E-state index in [2.05, 4.69) is 10.2 Å². The Morgan fingerprint density at radius 2 is 1.70 bits per heavy atom. The van der Waals surface area contributed by atoms with E-state index in [-0.39, 0.29) is 47.9 Å². The molecule has 8 nitrogen and oxygen atoms in total. The first-order chi connectivity index (χ1) is 15.6. The first kappa shape index (κ1) is 23.5. The number of halogens is 3. The van der Waals surface area contributed by atoms with Gasteiger partial charge in [0, 0.05) is 33.2 Å². The van der Waals surface area contributed by atoms with Crippen LogP contribution in [0.5, 0.6) is 0 Å². The average Bonchev–Trinajstić information content (AvgIpc) is 3.18. The summed E-state index contributed by atoms with van der Waals surface area (Å²) in [6.07, 6.45) is -4.63. The minimum atomic E-state index is -4.63. The third-order valence-corrected chi connectivity index (χ3v) is 8.26. The van der Waals surface area contributed by atoms with Gasteiger partial charge in [0.1, 0.15) is 0 Å². The highest BCUT2D eigenvalue weighted by Gasteiger charge is 2.37. The lowest BCUT2D eigenvalue weighted by Crippen LogP contribution is -2.50. The molecule has 1 aromatic heterocycles. The number of sulfonamides is 1. The molecule has 33 heavy (non-hydrogen) atoms. The Kier molecular flexibility index (Phi) is 6.38. The molecule has 1 amide bonds. The Labute approximate surface area is 192 Å². The van der Waals surface area contributed by atoms with Crippen LogP contribution in [-0.4, -0.2) is 70.2 Å². The summed E-state index contributed by atoms with van der Waals surface area (Å²) in [5.41, 5.74) is 0. The number of amides is 1. The van der Waals surface area contributed by atoms with Crippen molar-refractivity contribution in [2.75, 3.05) is 31.9 Å². The van der Waals surface area contributed by atoms with E-state index < -0.39 is 22.0 Å². The van der Waals surface area contributed by atoms with Gasteiger partial charge in [-0.1, -0.05) is 42.1 Å². The molecule has 0 spiro atoms. The molecule has 0 unspecified atom stereocenters. The van der Waals surface area contributed by atoms with Crippen LogP contribution in [0.2, 0.25) is 0 Å². The smallest absolute Gasteiger partial charge is 0.339 e. The predicted octanol–water partition coefficient (Wildman–Crippen LogP) is 2.61. The van der Waals surface area contributed by atoms with Crippen LogP contribution in [-0.2, 0) is 28.0 Å². The second kappa shape index (κ2) is 8.95. The van der Waals surface area contributed by atoms with Gasteiger partial charge in [-0.25, -0.2) is 8.42 Å². The number of piperazine rings is 1. The van der Waals surface area contributed by atoms with E-state index in [1.54, 1.807) is 18.2 Å². The molecule has 2 aromatic carbocycles. The van der Waals surface area contributed by atoms with E-state index in [4.69, 9.17) is 0 Å². The molecule has 0 radical (unpaired) electrons. The number of aromatic nitrogens is 3. The quantitative estimate of drug-likeness (QED) is 0.502. The standard InChI is InChI=1S/C20H20F3N5O3S2/c1-26-18(20(21,22)23)24-25-19(26)32-13-17(29)27-8-10-28(11-9-27)33(30,31)16-7-6-14-4-2-3-5-15(14)12-16/h2-7,12H,8-11,13H2,1H3. The van der Waals surface area contributed by atoms with Crippen LogP contribution in [0.15, 0.2) is 52.5 Å². The molecule has 0 aliphatic carbocycles. The molecule has 1 aliphatic rings. The number of carbonyl (C=O) groups excluding carboxylic acids is 1. The van der Waals surface area contributed by atoms with E-state index in [0.29, 0.717) is 0 Å². The molecule has 1 fully saturated rings. The summed E-state index contributed by atoms with van der Waals surface area (Å²) in [6, 6.07) is 12.4. The normalized spacial score (nSPS) is 15.8. The molecule has 3 aromatic rings. The van der Waals surface area contributed by atoms with Crippen LogP contribution < -0.4 is 0 Å². The third-order valence-electron chi connectivity index (χ3n) is 5.36. The maximum Gasteiger partial charge on any atom is 0.451 e. The van der Waals surface area contributed by atoms with Crippen LogP contribution in [0.3, 0.4) is 0 Å². The molecular formula is C20H20F3N5O3S2. The summed E-state index contributed by atoms with van der Waals surface area (Å²) in [6.45, 7) is 0.652. The zero-order chi connectivity index (χ0) is 23.8. The maximum atomic E-state index is 13.0. The summed E-state index contributed by atoms with van der Waals surface area (Å²) >= 11 is 0.856. The van der Waals surface area contributed by atoms with Gasteiger partial charge < -0.3 is 9.47 Å². The zero-order valence-corrected chi connectivity index (χ0v) is 19.1. The van der Waals surface area contributed by atoms with E-state index in [0.717, 1.165) is 27.1 Å². The number of carbonyl (C=O) groups is 1. The van der Waals surface area contributed by atoms with Crippen molar-refractivity contribution in [1.29, 1.82) is 0 Å². The second-order valence-electron chi connectivity index (χ2n) is 7.45. The summed E-state index contributed by atoms with van der Waals surface area (Å²) in [5, 5.41) is 8.37. The number of hydrogen-bond donors (Lipinski definition) is 0. The fraction of sp³-hybridized carbons (Fsp3) is 0.350. The molecule has 0 atom stereocenters. The summed E-state index contributed by atoms with van der Waals surface area (Å²) in [4.78, 5) is 14.2. The minimum Gasteiger partial charge on any atom is -0.339 e. The minimum absolute atomic E-state index is 0.0202. The first-order valence-electron chi connectivity index (χ1n) is 9.93.